The van der Waals surface area contributed by atoms with Gasteiger partial charge in [0, 0.05) is 6.42 Å². The molecule has 0 unspecified atom stereocenters. The first-order valence-electron chi connectivity index (χ1n) is 4.25. The highest BCUT2D eigenvalue weighted by atomic mass is 16.6. The molecule has 0 spiro atoms. The summed E-state index contributed by atoms with van der Waals surface area (Å²) in [6.45, 7) is 4.17. The Morgan fingerprint density at radius 1 is 1.31 bits per heavy atom. The second-order valence-corrected chi connectivity index (χ2v) is 2.56. The molecule has 0 radical (unpaired) electrons. The van der Waals surface area contributed by atoms with Crippen LogP contribution in [0.25, 0.3) is 0 Å². The fourth-order valence-electron chi connectivity index (χ4n) is 0.826. The maximum absolute atomic E-state index is 4.98. The lowest BCUT2D eigenvalue weighted by atomic mass is 10.2. The maximum atomic E-state index is 4.98. The van der Waals surface area contributed by atoms with Gasteiger partial charge in [0.2, 0.25) is 0 Å². The van der Waals surface area contributed by atoms with Crippen molar-refractivity contribution in [2.45, 2.75) is 6.42 Å². The Hall–Kier alpha value is -1.57. The van der Waals surface area contributed by atoms with Gasteiger partial charge in [0.1, 0.15) is 6.61 Å². The van der Waals surface area contributed by atoms with Crippen LogP contribution in [-0.2, 0) is 4.84 Å². The second kappa shape index (κ2) is 6.00. The van der Waals surface area contributed by atoms with Crippen LogP contribution in [-0.4, -0.2) is 12.8 Å². The molecule has 2 heteroatoms. The lowest BCUT2D eigenvalue weighted by molar-refractivity contribution is 0.151. The van der Waals surface area contributed by atoms with Crippen molar-refractivity contribution in [2.75, 3.05) is 6.61 Å². The summed E-state index contributed by atoms with van der Waals surface area (Å²) in [5.74, 6) is 0. The predicted octanol–water partition coefficient (Wildman–Crippen LogP) is 2.61. The largest absolute Gasteiger partial charge is 0.395 e. The lowest BCUT2D eigenvalue weighted by Gasteiger charge is -1.94. The van der Waals surface area contributed by atoms with E-state index in [4.69, 9.17) is 4.84 Å². The van der Waals surface area contributed by atoms with E-state index in [1.807, 2.05) is 30.3 Å². The molecular formula is C11H13NO. The van der Waals surface area contributed by atoms with Crippen LogP contribution in [0.1, 0.15) is 12.0 Å². The summed E-state index contributed by atoms with van der Waals surface area (Å²) in [6.07, 6.45) is 4.33. The van der Waals surface area contributed by atoms with Crippen LogP contribution in [0, 0.1) is 0 Å². The smallest absolute Gasteiger partial charge is 0.120 e. The van der Waals surface area contributed by atoms with Gasteiger partial charge in [-0.25, -0.2) is 0 Å². The van der Waals surface area contributed by atoms with Gasteiger partial charge in [0.25, 0.3) is 0 Å². The molecule has 0 saturated heterocycles. The SMILES string of the molecule is C=CCCON=Cc1ccccc1. The summed E-state index contributed by atoms with van der Waals surface area (Å²) in [4.78, 5) is 4.98. The number of hydrogen-bond acceptors (Lipinski definition) is 2. The van der Waals surface area contributed by atoms with Crippen molar-refractivity contribution < 1.29 is 4.84 Å². The van der Waals surface area contributed by atoms with Gasteiger partial charge in [0.05, 0.1) is 6.21 Å². The van der Waals surface area contributed by atoms with E-state index in [9.17, 15) is 0 Å². The van der Waals surface area contributed by atoms with E-state index in [-0.39, 0.29) is 0 Å². The average Bonchev–Trinajstić information content (AvgIpc) is 2.19. The van der Waals surface area contributed by atoms with Gasteiger partial charge in [-0.3, -0.25) is 0 Å². The number of rotatable bonds is 5. The standard InChI is InChI=1S/C11H13NO/c1-2-3-9-13-12-10-11-7-5-4-6-8-11/h2,4-8,10H,1,3,9H2. The summed E-state index contributed by atoms with van der Waals surface area (Å²) >= 11 is 0. The second-order valence-electron chi connectivity index (χ2n) is 2.56. The quantitative estimate of drug-likeness (QED) is 0.292. The monoisotopic (exact) mass is 175 g/mol. The minimum absolute atomic E-state index is 0.590. The number of oxime groups is 1. The van der Waals surface area contributed by atoms with E-state index >= 15 is 0 Å². The van der Waals surface area contributed by atoms with Crippen LogP contribution in [0.3, 0.4) is 0 Å². The Balaban J connectivity index is 2.28. The highest BCUT2D eigenvalue weighted by Crippen LogP contribution is 1.94. The molecule has 0 bridgehead atoms. The van der Waals surface area contributed by atoms with E-state index in [0.29, 0.717) is 6.61 Å². The van der Waals surface area contributed by atoms with Crippen molar-refractivity contribution in [3.8, 4) is 0 Å². The van der Waals surface area contributed by atoms with Crippen molar-refractivity contribution in [2.24, 2.45) is 5.16 Å². The zero-order valence-electron chi connectivity index (χ0n) is 7.52. The molecule has 0 aliphatic carbocycles. The first-order chi connectivity index (χ1) is 6.43. The van der Waals surface area contributed by atoms with Crippen LogP contribution < -0.4 is 0 Å². The van der Waals surface area contributed by atoms with Crippen LogP contribution in [0.2, 0.25) is 0 Å². The van der Waals surface area contributed by atoms with Crippen LogP contribution in [0.5, 0.6) is 0 Å². The van der Waals surface area contributed by atoms with Crippen LogP contribution in [0.15, 0.2) is 48.1 Å². The van der Waals surface area contributed by atoms with E-state index in [0.717, 1.165) is 12.0 Å². The molecule has 1 aromatic carbocycles. The minimum Gasteiger partial charge on any atom is -0.395 e. The number of nitrogens with zero attached hydrogens (tertiary/aromatic N) is 1. The Morgan fingerprint density at radius 2 is 2.08 bits per heavy atom. The third-order valence-corrected chi connectivity index (χ3v) is 1.49. The van der Waals surface area contributed by atoms with E-state index in [1.54, 1.807) is 12.3 Å². The average molecular weight is 175 g/mol. The van der Waals surface area contributed by atoms with Gasteiger partial charge < -0.3 is 4.84 Å². The van der Waals surface area contributed by atoms with Crippen LogP contribution >= 0.6 is 0 Å². The summed E-state index contributed by atoms with van der Waals surface area (Å²) in [5, 5.41) is 3.81. The van der Waals surface area contributed by atoms with Gasteiger partial charge in [-0.15, -0.1) is 6.58 Å². The van der Waals surface area contributed by atoms with E-state index < -0.39 is 0 Å². The van der Waals surface area contributed by atoms with Gasteiger partial charge in [-0.2, -0.15) is 0 Å². The molecule has 0 saturated carbocycles. The highest BCUT2D eigenvalue weighted by molar-refractivity contribution is 5.78. The fraction of sp³-hybridized carbons (Fsp3) is 0.182. The molecule has 0 atom stereocenters. The minimum atomic E-state index is 0.590. The fourth-order valence-corrected chi connectivity index (χ4v) is 0.826. The molecule has 0 aromatic heterocycles. The summed E-state index contributed by atoms with van der Waals surface area (Å²) in [6, 6.07) is 9.84. The molecule has 1 rings (SSSR count). The van der Waals surface area contributed by atoms with Gasteiger partial charge >= 0.3 is 0 Å². The molecule has 0 amide bonds. The molecule has 13 heavy (non-hydrogen) atoms. The number of benzene rings is 1. The first kappa shape index (κ1) is 9.52. The Labute approximate surface area is 78.5 Å². The third kappa shape index (κ3) is 4.11. The summed E-state index contributed by atoms with van der Waals surface area (Å²) < 4.78 is 0. The molecule has 2 nitrogen and oxygen atoms in total. The third-order valence-electron chi connectivity index (χ3n) is 1.49. The van der Waals surface area contributed by atoms with Gasteiger partial charge in [0.15, 0.2) is 0 Å². The predicted molar refractivity (Wildman–Crippen MR) is 54.8 cm³/mol. The Kier molecular flexibility index (Phi) is 4.39. The molecule has 0 aliphatic heterocycles. The van der Waals surface area contributed by atoms with Crippen molar-refractivity contribution in [1.82, 2.24) is 0 Å². The van der Waals surface area contributed by atoms with E-state index in [2.05, 4.69) is 11.7 Å². The van der Waals surface area contributed by atoms with Gasteiger partial charge in [-0.1, -0.05) is 41.6 Å². The first-order valence-corrected chi connectivity index (χ1v) is 4.25. The van der Waals surface area contributed by atoms with E-state index in [1.165, 1.54) is 0 Å². The van der Waals surface area contributed by atoms with Crippen molar-refractivity contribution in [1.29, 1.82) is 0 Å². The molecular weight excluding hydrogens is 162 g/mol. The topological polar surface area (TPSA) is 21.6 Å². The number of hydrogen-bond donors (Lipinski definition) is 0. The van der Waals surface area contributed by atoms with Crippen LogP contribution in [0.4, 0.5) is 0 Å². The zero-order chi connectivity index (χ0) is 9.36. The normalized spacial score (nSPS) is 10.2. The zero-order valence-corrected chi connectivity index (χ0v) is 7.52. The molecule has 0 heterocycles. The summed E-state index contributed by atoms with van der Waals surface area (Å²) in [7, 11) is 0. The van der Waals surface area contributed by atoms with Gasteiger partial charge in [-0.05, 0) is 5.56 Å². The summed E-state index contributed by atoms with van der Waals surface area (Å²) in [5.41, 5.74) is 1.04. The molecule has 0 N–H and O–H groups in total. The molecule has 1 aromatic rings. The molecule has 68 valence electrons. The van der Waals surface area contributed by atoms with Crippen molar-refractivity contribution in [3.63, 3.8) is 0 Å². The lowest BCUT2D eigenvalue weighted by Crippen LogP contribution is -1.86. The van der Waals surface area contributed by atoms with Crippen molar-refractivity contribution >= 4 is 6.21 Å². The molecule has 0 aliphatic rings. The Bertz CT molecular complexity index is 267. The maximum Gasteiger partial charge on any atom is 0.120 e. The molecule has 0 fully saturated rings. The van der Waals surface area contributed by atoms with Crippen molar-refractivity contribution in [3.05, 3.63) is 48.6 Å². The Morgan fingerprint density at radius 3 is 2.77 bits per heavy atom. The highest BCUT2D eigenvalue weighted by Gasteiger charge is 1.83.